The van der Waals surface area contributed by atoms with Crippen molar-refractivity contribution < 1.29 is 9.15 Å². The van der Waals surface area contributed by atoms with Crippen molar-refractivity contribution in [2.24, 2.45) is 10.9 Å². The van der Waals surface area contributed by atoms with Crippen molar-refractivity contribution in [1.82, 2.24) is 15.2 Å². The van der Waals surface area contributed by atoms with Crippen molar-refractivity contribution in [3.8, 4) is 11.5 Å². The average molecular weight is 512 g/mol. The van der Waals surface area contributed by atoms with Crippen LogP contribution in [0.15, 0.2) is 39.9 Å². The molecule has 1 N–H and O–H groups in total. The number of guanidine groups is 1. The summed E-state index contributed by atoms with van der Waals surface area (Å²) < 4.78 is 11.1. The van der Waals surface area contributed by atoms with Crippen LogP contribution in [0, 0.1) is 12.8 Å². The predicted octanol–water partition coefficient (Wildman–Crippen LogP) is 4.48. The molecule has 0 amide bonds. The fourth-order valence-electron chi connectivity index (χ4n) is 3.35. The minimum Gasteiger partial charge on any atom is -0.444 e. The molecule has 1 saturated heterocycles. The van der Waals surface area contributed by atoms with Crippen LogP contribution in [0.3, 0.4) is 0 Å². The van der Waals surface area contributed by atoms with Gasteiger partial charge < -0.3 is 19.4 Å². The first-order valence-electron chi connectivity index (χ1n) is 10.2. The number of benzene rings is 1. The summed E-state index contributed by atoms with van der Waals surface area (Å²) in [6.07, 6.45) is 5.21. The zero-order chi connectivity index (χ0) is 19.8. The Kier molecular flexibility index (Phi) is 9.93. The summed E-state index contributed by atoms with van der Waals surface area (Å²) in [5.74, 6) is 2.31. The van der Waals surface area contributed by atoms with Gasteiger partial charge in [-0.2, -0.15) is 0 Å². The fraction of sp³-hybridized carbons (Fsp3) is 0.545. The predicted molar refractivity (Wildman–Crippen MR) is 128 cm³/mol. The second-order valence-corrected chi connectivity index (χ2v) is 7.45. The van der Waals surface area contributed by atoms with Crippen LogP contribution in [0.25, 0.3) is 11.5 Å². The monoisotopic (exact) mass is 512 g/mol. The Bertz CT molecular complexity index is 754. The van der Waals surface area contributed by atoms with E-state index in [2.05, 4.69) is 48.2 Å². The molecule has 2 aromatic rings. The van der Waals surface area contributed by atoms with Crippen LogP contribution in [0.1, 0.15) is 37.4 Å². The molecule has 0 spiro atoms. The number of aryl methyl sites for hydroxylation is 1. The van der Waals surface area contributed by atoms with Crippen molar-refractivity contribution in [3.05, 3.63) is 41.8 Å². The number of halogens is 1. The van der Waals surface area contributed by atoms with E-state index in [1.165, 1.54) is 24.8 Å². The molecule has 1 aliphatic rings. The van der Waals surface area contributed by atoms with E-state index >= 15 is 0 Å². The van der Waals surface area contributed by atoms with Crippen LogP contribution in [0.4, 0.5) is 0 Å². The first-order chi connectivity index (χ1) is 13.7. The van der Waals surface area contributed by atoms with Crippen LogP contribution >= 0.6 is 24.0 Å². The molecule has 0 saturated carbocycles. The summed E-state index contributed by atoms with van der Waals surface area (Å²) in [6, 6.07) is 8.19. The Morgan fingerprint density at radius 1 is 1.24 bits per heavy atom. The maximum atomic E-state index is 5.64. The zero-order valence-corrected chi connectivity index (χ0v) is 20.0. The standard InChI is InChI=1S/C22H32N4O2.HI/c1-4-23-22(26(3)12-9-18-10-13-27-14-11-18)24-15-20-16-28-21(25-20)19-7-5-17(2)6-8-19;/h5-8,16,18H,4,9-15H2,1-3H3,(H,23,24);1H. The third-order valence-corrected chi connectivity index (χ3v) is 5.15. The van der Waals surface area contributed by atoms with Gasteiger partial charge in [-0.05, 0) is 51.2 Å². The van der Waals surface area contributed by atoms with Crippen LogP contribution in [-0.4, -0.2) is 49.2 Å². The van der Waals surface area contributed by atoms with E-state index in [-0.39, 0.29) is 24.0 Å². The molecule has 7 heteroatoms. The molecule has 0 radical (unpaired) electrons. The van der Waals surface area contributed by atoms with Gasteiger partial charge in [-0.15, -0.1) is 24.0 Å². The molecule has 1 fully saturated rings. The number of aliphatic imine (C=N–C) groups is 1. The minimum atomic E-state index is 0. The SMILES string of the molecule is CCNC(=NCc1coc(-c2ccc(C)cc2)n1)N(C)CCC1CCOCC1.I. The third-order valence-electron chi connectivity index (χ3n) is 5.15. The molecule has 6 nitrogen and oxygen atoms in total. The maximum Gasteiger partial charge on any atom is 0.226 e. The van der Waals surface area contributed by atoms with Crippen molar-refractivity contribution in [1.29, 1.82) is 0 Å². The van der Waals surface area contributed by atoms with Crippen molar-refractivity contribution in [2.75, 3.05) is 33.4 Å². The first-order valence-corrected chi connectivity index (χ1v) is 10.2. The van der Waals surface area contributed by atoms with E-state index in [0.717, 1.165) is 49.4 Å². The van der Waals surface area contributed by atoms with E-state index < -0.39 is 0 Å². The first kappa shape index (κ1) is 23.7. The topological polar surface area (TPSA) is 62.9 Å². The highest BCUT2D eigenvalue weighted by atomic mass is 127. The van der Waals surface area contributed by atoms with Gasteiger partial charge in [-0.25, -0.2) is 9.98 Å². The lowest BCUT2D eigenvalue weighted by molar-refractivity contribution is 0.0625. The van der Waals surface area contributed by atoms with Gasteiger partial charge in [0.25, 0.3) is 0 Å². The molecule has 3 rings (SSSR count). The van der Waals surface area contributed by atoms with Crippen LogP contribution < -0.4 is 5.32 Å². The molecular formula is C22H33IN4O2. The van der Waals surface area contributed by atoms with Gasteiger partial charge in [0.2, 0.25) is 5.89 Å². The molecule has 0 bridgehead atoms. The van der Waals surface area contributed by atoms with E-state index in [1.54, 1.807) is 6.26 Å². The molecule has 0 atom stereocenters. The Morgan fingerprint density at radius 2 is 1.97 bits per heavy atom. The number of nitrogens with zero attached hydrogens (tertiary/aromatic N) is 3. The molecule has 0 unspecified atom stereocenters. The summed E-state index contributed by atoms with van der Waals surface area (Å²) in [5, 5.41) is 3.38. The number of nitrogens with one attached hydrogen (secondary N) is 1. The third kappa shape index (κ3) is 7.29. The van der Waals surface area contributed by atoms with Gasteiger partial charge in [-0.3, -0.25) is 0 Å². The molecule has 160 valence electrons. The molecule has 1 aromatic heterocycles. The Labute approximate surface area is 191 Å². The van der Waals surface area contributed by atoms with Crippen LogP contribution in [-0.2, 0) is 11.3 Å². The van der Waals surface area contributed by atoms with E-state index in [0.29, 0.717) is 12.4 Å². The highest BCUT2D eigenvalue weighted by Crippen LogP contribution is 2.20. The number of hydrogen-bond acceptors (Lipinski definition) is 4. The van der Waals surface area contributed by atoms with Crippen molar-refractivity contribution >= 4 is 29.9 Å². The summed E-state index contributed by atoms with van der Waals surface area (Å²) in [4.78, 5) is 11.5. The smallest absolute Gasteiger partial charge is 0.226 e. The van der Waals surface area contributed by atoms with E-state index in [4.69, 9.17) is 14.1 Å². The average Bonchev–Trinajstić information content (AvgIpc) is 3.19. The molecule has 1 aliphatic heterocycles. The number of oxazole rings is 1. The zero-order valence-electron chi connectivity index (χ0n) is 17.7. The second kappa shape index (κ2) is 12.2. The highest BCUT2D eigenvalue weighted by Gasteiger charge is 2.15. The van der Waals surface area contributed by atoms with Gasteiger partial charge in [-0.1, -0.05) is 17.7 Å². The lowest BCUT2D eigenvalue weighted by Gasteiger charge is -2.26. The van der Waals surface area contributed by atoms with Gasteiger partial charge in [0.15, 0.2) is 5.96 Å². The summed E-state index contributed by atoms with van der Waals surface area (Å²) in [7, 11) is 2.10. The Morgan fingerprint density at radius 3 is 2.66 bits per heavy atom. The summed E-state index contributed by atoms with van der Waals surface area (Å²) in [5.41, 5.74) is 3.05. The quantitative estimate of drug-likeness (QED) is 0.337. The molecular weight excluding hydrogens is 479 g/mol. The molecule has 1 aromatic carbocycles. The van der Waals surface area contributed by atoms with Gasteiger partial charge in [0.1, 0.15) is 12.0 Å². The minimum absolute atomic E-state index is 0. The molecule has 0 aliphatic carbocycles. The Hall–Kier alpha value is -1.61. The lowest BCUT2D eigenvalue weighted by atomic mass is 9.96. The van der Waals surface area contributed by atoms with Gasteiger partial charge in [0.05, 0.1) is 6.54 Å². The Balaban J connectivity index is 0.00000300. The number of aromatic nitrogens is 1. The van der Waals surface area contributed by atoms with Gasteiger partial charge >= 0.3 is 0 Å². The molecule has 29 heavy (non-hydrogen) atoms. The highest BCUT2D eigenvalue weighted by molar-refractivity contribution is 14.0. The van der Waals surface area contributed by atoms with Crippen molar-refractivity contribution in [2.45, 2.75) is 39.7 Å². The lowest BCUT2D eigenvalue weighted by Crippen LogP contribution is -2.40. The van der Waals surface area contributed by atoms with Crippen LogP contribution in [0.5, 0.6) is 0 Å². The van der Waals surface area contributed by atoms with E-state index in [1.807, 2.05) is 12.1 Å². The van der Waals surface area contributed by atoms with Crippen LogP contribution in [0.2, 0.25) is 0 Å². The summed E-state index contributed by atoms with van der Waals surface area (Å²) >= 11 is 0. The largest absolute Gasteiger partial charge is 0.444 e. The fourth-order valence-corrected chi connectivity index (χ4v) is 3.35. The number of rotatable bonds is 7. The summed E-state index contributed by atoms with van der Waals surface area (Å²) in [6.45, 7) is 8.29. The normalized spacial score (nSPS) is 15.1. The number of hydrogen-bond donors (Lipinski definition) is 1. The maximum absolute atomic E-state index is 5.64. The molecule has 2 heterocycles. The van der Waals surface area contributed by atoms with Gasteiger partial charge in [0, 0.05) is 38.9 Å². The van der Waals surface area contributed by atoms with Crippen molar-refractivity contribution in [3.63, 3.8) is 0 Å². The number of ether oxygens (including phenoxy) is 1. The second-order valence-electron chi connectivity index (χ2n) is 7.45. The van der Waals surface area contributed by atoms with E-state index in [9.17, 15) is 0 Å².